The van der Waals surface area contributed by atoms with Crippen LogP contribution < -0.4 is 4.74 Å². The minimum Gasteiger partial charge on any atom is -0.490 e. The first-order valence-electron chi connectivity index (χ1n) is 6.65. The Kier molecular flexibility index (Phi) is 4.96. The average molecular weight is 274 g/mol. The zero-order valence-corrected chi connectivity index (χ0v) is 11.4. The summed E-state index contributed by atoms with van der Waals surface area (Å²) in [7, 11) is 0. The fourth-order valence-corrected chi connectivity index (χ4v) is 1.98. The Bertz CT molecular complexity index is 574. The van der Waals surface area contributed by atoms with Gasteiger partial charge in [0.05, 0.1) is 19.1 Å². The minimum absolute atomic E-state index is 0.0569. The zero-order chi connectivity index (χ0) is 14.4. The van der Waals surface area contributed by atoms with Gasteiger partial charge in [-0.2, -0.15) is 0 Å². The van der Waals surface area contributed by atoms with Crippen LogP contribution in [0.5, 0.6) is 5.75 Å². The molecule has 2 aromatic carbocycles. The van der Waals surface area contributed by atoms with Gasteiger partial charge in [0.2, 0.25) is 0 Å². The van der Waals surface area contributed by atoms with E-state index in [1.54, 1.807) is 6.92 Å². The number of fused-ring (bicyclic) bond motifs is 1. The van der Waals surface area contributed by atoms with E-state index in [0.717, 1.165) is 10.8 Å². The molecule has 0 saturated carbocycles. The Morgan fingerprint density at radius 2 is 1.95 bits per heavy atom. The van der Waals surface area contributed by atoms with E-state index >= 15 is 0 Å². The van der Waals surface area contributed by atoms with Crippen LogP contribution in [0.4, 0.5) is 0 Å². The lowest BCUT2D eigenvalue weighted by Gasteiger charge is -2.13. The minimum atomic E-state index is -0.868. The lowest BCUT2D eigenvalue weighted by Crippen LogP contribution is -2.22. The number of carbonyl (C=O) groups excluding carboxylic acids is 1. The van der Waals surface area contributed by atoms with Crippen molar-refractivity contribution in [1.29, 1.82) is 0 Å². The molecule has 0 unspecified atom stereocenters. The van der Waals surface area contributed by atoms with Crippen LogP contribution in [0.3, 0.4) is 0 Å². The SMILES string of the molecule is CCOC(=O)C[C@@H](O)COc1cccc2ccccc12. The van der Waals surface area contributed by atoms with E-state index in [1.807, 2.05) is 42.5 Å². The third-order valence-corrected chi connectivity index (χ3v) is 2.89. The highest BCUT2D eigenvalue weighted by molar-refractivity contribution is 5.88. The molecule has 0 aliphatic carbocycles. The Morgan fingerprint density at radius 3 is 2.75 bits per heavy atom. The number of benzene rings is 2. The lowest BCUT2D eigenvalue weighted by molar-refractivity contribution is -0.145. The van der Waals surface area contributed by atoms with Crippen LogP contribution in [0, 0.1) is 0 Å². The molecule has 0 spiro atoms. The van der Waals surface area contributed by atoms with Gasteiger partial charge >= 0.3 is 5.97 Å². The van der Waals surface area contributed by atoms with E-state index in [4.69, 9.17) is 9.47 Å². The van der Waals surface area contributed by atoms with Crippen LogP contribution in [-0.2, 0) is 9.53 Å². The molecule has 4 nitrogen and oxygen atoms in total. The van der Waals surface area contributed by atoms with Crippen molar-refractivity contribution in [3.8, 4) is 5.75 Å². The van der Waals surface area contributed by atoms with Gasteiger partial charge in [0.1, 0.15) is 12.4 Å². The van der Waals surface area contributed by atoms with Crippen LogP contribution in [0.1, 0.15) is 13.3 Å². The van der Waals surface area contributed by atoms with E-state index in [0.29, 0.717) is 12.4 Å². The number of hydrogen-bond acceptors (Lipinski definition) is 4. The van der Waals surface area contributed by atoms with Crippen molar-refractivity contribution in [3.05, 3.63) is 42.5 Å². The molecule has 0 heterocycles. The van der Waals surface area contributed by atoms with Crippen molar-refractivity contribution in [1.82, 2.24) is 0 Å². The Labute approximate surface area is 117 Å². The molecule has 0 aliphatic rings. The summed E-state index contributed by atoms with van der Waals surface area (Å²) in [6.07, 6.45) is -0.925. The van der Waals surface area contributed by atoms with E-state index < -0.39 is 12.1 Å². The highest BCUT2D eigenvalue weighted by Crippen LogP contribution is 2.25. The van der Waals surface area contributed by atoms with Crippen LogP contribution >= 0.6 is 0 Å². The van der Waals surface area contributed by atoms with Crippen molar-refractivity contribution in [2.24, 2.45) is 0 Å². The molecular weight excluding hydrogens is 256 g/mol. The van der Waals surface area contributed by atoms with Crippen LogP contribution in [0.15, 0.2) is 42.5 Å². The molecule has 20 heavy (non-hydrogen) atoms. The molecule has 2 aromatic rings. The van der Waals surface area contributed by atoms with Crippen LogP contribution in [0.25, 0.3) is 10.8 Å². The number of aliphatic hydroxyl groups excluding tert-OH is 1. The molecule has 1 atom stereocenters. The molecular formula is C16H18O4. The second kappa shape index (κ2) is 6.91. The van der Waals surface area contributed by atoms with Crippen LogP contribution in [0.2, 0.25) is 0 Å². The molecule has 0 aromatic heterocycles. The third-order valence-electron chi connectivity index (χ3n) is 2.89. The maximum absolute atomic E-state index is 11.2. The van der Waals surface area contributed by atoms with Gasteiger partial charge in [-0.3, -0.25) is 4.79 Å². The largest absolute Gasteiger partial charge is 0.490 e. The zero-order valence-electron chi connectivity index (χ0n) is 11.4. The molecule has 4 heteroatoms. The fraction of sp³-hybridized carbons (Fsp3) is 0.312. The maximum Gasteiger partial charge on any atom is 0.308 e. The average Bonchev–Trinajstić information content (AvgIpc) is 2.45. The van der Waals surface area contributed by atoms with Crippen molar-refractivity contribution >= 4 is 16.7 Å². The Balaban J connectivity index is 1.97. The van der Waals surface area contributed by atoms with Crippen LogP contribution in [-0.4, -0.2) is 30.4 Å². The maximum atomic E-state index is 11.2. The van der Waals surface area contributed by atoms with Gasteiger partial charge in [-0.15, -0.1) is 0 Å². The van der Waals surface area contributed by atoms with Gasteiger partial charge in [0.15, 0.2) is 0 Å². The molecule has 106 valence electrons. The predicted octanol–water partition coefficient (Wildman–Crippen LogP) is 2.53. The first-order valence-corrected chi connectivity index (χ1v) is 6.65. The van der Waals surface area contributed by atoms with E-state index in [1.165, 1.54) is 0 Å². The fourth-order valence-electron chi connectivity index (χ4n) is 1.98. The van der Waals surface area contributed by atoms with E-state index in [9.17, 15) is 9.90 Å². The molecule has 0 aliphatic heterocycles. The van der Waals surface area contributed by atoms with Gasteiger partial charge in [-0.1, -0.05) is 36.4 Å². The quantitative estimate of drug-likeness (QED) is 0.822. The lowest BCUT2D eigenvalue weighted by atomic mass is 10.1. The summed E-state index contributed by atoms with van der Waals surface area (Å²) in [5.74, 6) is 0.285. The smallest absolute Gasteiger partial charge is 0.308 e. The van der Waals surface area contributed by atoms with Crippen molar-refractivity contribution in [2.45, 2.75) is 19.4 Å². The second-order valence-corrected chi connectivity index (χ2v) is 4.45. The predicted molar refractivity (Wildman–Crippen MR) is 76.7 cm³/mol. The van der Waals surface area contributed by atoms with E-state index in [2.05, 4.69) is 0 Å². The molecule has 0 saturated heterocycles. The number of hydrogen-bond donors (Lipinski definition) is 1. The van der Waals surface area contributed by atoms with Gasteiger partial charge in [-0.25, -0.2) is 0 Å². The molecule has 0 fully saturated rings. The second-order valence-electron chi connectivity index (χ2n) is 4.45. The number of ether oxygens (including phenoxy) is 2. The Morgan fingerprint density at radius 1 is 1.20 bits per heavy atom. The number of aliphatic hydroxyl groups is 1. The molecule has 0 amide bonds. The van der Waals surface area contributed by atoms with Crippen molar-refractivity contribution < 1.29 is 19.4 Å². The summed E-state index contributed by atoms with van der Waals surface area (Å²) >= 11 is 0. The highest BCUT2D eigenvalue weighted by Gasteiger charge is 2.13. The van der Waals surface area contributed by atoms with Gasteiger partial charge < -0.3 is 14.6 Å². The van der Waals surface area contributed by atoms with E-state index in [-0.39, 0.29) is 13.0 Å². The third kappa shape index (κ3) is 3.71. The number of carbonyl (C=O) groups is 1. The topological polar surface area (TPSA) is 55.8 Å². The van der Waals surface area contributed by atoms with Crippen molar-refractivity contribution in [2.75, 3.05) is 13.2 Å². The first kappa shape index (κ1) is 14.3. The first-order chi connectivity index (χ1) is 9.70. The standard InChI is InChI=1S/C16H18O4/c1-2-19-16(18)10-13(17)11-20-15-9-5-7-12-6-3-4-8-14(12)15/h3-9,13,17H,2,10-11H2,1H3/t13-/m1/s1. The summed E-state index contributed by atoms with van der Waals surface area (Å²) in [6.45, 7) is 2.11. The van der Waals surface area contributed by atoms with Crippen molar-refractivity contribution in [3.63, 3.8) is 0 Å². The molecule has 0 bridgehead atoms. The number of esters is 1. The Hall–Kier alpha value is -2.07. The monoisotopic (exact) mass is 274 g/mol. The van der Waals surface area contributed by atoms with Gasteiger partial charge in [0, 0.05) is 5.39 Å². The number of rotatable bonds is 6. The van der Waals surface area contributed by atoms with Gasteiger partial charge in [0.25, 0.3) is 0 Å². The molecule has 0 radical (unpaired) electrons. The molecule has 2 rings (SSSR count). The summed E-state index contributed by atoms with van der Waals surface area (Å²) in [5.41, 5.74) is 0. The summed E-state index contributed by atoms with van der Waals surface area (Å²) in [4.78, 5) is 11.2. The summed E-state index contributed by atoms with van der Waals surface area (Å²) in [6, 6.07) is 13.6. The highest BCUT2D eigenvalue weighted by atomic mass is 16.5. The normalized spacial score (nSPS) is 12.1. The molecule has 1 N–H and O–H groups in total. The summed E-state index contributed by atoms with van der Waals surface area (Å²) in [5, 5.41) is 11.8. The van der Waals surface area contributed by atoms with Gasteiger partial charge in [-0.05, 0) is 18.4 Å². The summed E-state index contributed by atoms with van der Waals surface area (Å²) < 4.78 is 10.4.